The smallest absolute Gasteiger partial charge is 0.434 e. The van der Waals surface area contributed by atoms with E-state index in [4.69, 9.17) is 9.47 Å². The van der Waals surface area contributed by atoms with Crippen LogP contribution in [-0.2, 0) is 14.3 Å². The van der Waals surface area contributed by atoms with Crippen molar-refractivity contribution in [2.45, 2.75) is 111 Å². The fourth-order valence-electron chi connectivity index (χ4n) is 9.13. The minimum Gasteiger partial charge on any atom is -0.434 e. The van der Waals surface area contributed by atoms with Gasteiger partial charge in [-0.25, -0.2) is 4.79 Å². The summed E-state index contributed by atoms with van der Waals surface area (Å²) in [6.45, 7) is 11.2. The second-order valence-corrected chi connectivity index (χ2v) is 13.4. The molecule has 0 spiro atoms. The van der Waals surface area contributed by atoms with Gasteiger partial charge in [0.05, 0.1) is 18.8 Å². The monoisotopic (exact) mass is 492 g/mol. The number of hydrogen-bond donors (Lipinski definition) is 2. The molecule has 0 radical (unpaired) electrons. The van der Waals surface area contributed by atoms with Crippen molar-refractivity contribution >= 4 is 12.1 Å². The van der Waals surface area contributed by atoms with E-state index in [1.807, 2.05) is 13.8 Å². The van der Waals surface area contributed by atoms with E-state index in [0.29, 0.717) is 41.9 Å². The van der Waals surface area contributed by atoms with E-state index in [2.05, 4.69) is 20.8 Å². The Morgan fingerprint density at radius 3 is 2.34 bits per heavy atom. The van der Waals surface area contributed by atoms with Crippen LogP contribution in [0.25, 0.3) is 0 Å². The lowest BCUT2D eigenvalue weighted by atomic mass is 9.43. The number of ether oxygens (including phenoxy) is 2. The minimum absolute atomic E-state index is 0.180. The lowest BCUT2D eigenvalue weighted by molar-refractivity contribution is -0.174. The minimum atomic E-state index is -0.893. The van der Waals surface area contributed by atoms with Gasteiger partial charge in [0.25, 0.3) is 0 Å². The average Bonchev–Trinajstić information content (AvgIpc) is 3.14. The molecule has 0 aliphatic heterocycles. The molecule has 0 aromatic rings. The first-order valence-electron chi connectivity index (χ1n) is 14.2. The summed E-state index contributed by atoms with van der Waals surface area (Å²) in [6.07, 6.45) is 7.86. The van der Waals surface area contributed by atoms with E-state index < -0.39 is 12.1 Å². The van der Waals surface area contributed by atoms with Gasteiger partial charge in [-0.15, -0.1) is 0 Å². The van der Waals surface area contributed by atoms with Crippen LogP contribution in [-0.4, -0.2) is 41.2 Å². The summed E-state index contributed by atoms with van der Waals surface area (Å²) in [6, 6.07) is 0. The summed E-state index contributed by atoms with van der Waals surface area (Å²) in [7, 11) is 0. The number of fused-ring (bicyclic) bond motifs is 5. The van der Waals surface area contributed by atoms with Gasteiger partial charge in [-0.05, 0) is 110 Å². The summed E-state index contributed by atoms with van der Waals surface area (Å²) in [4.78, 5) is 23.9. The highest BCUT2D eigenvalue weighted by molar-refractivity contribution is 5.81. The third-order valence-corrected chi connectivity index (χ3v) is 11.0. The Bertz CT molecular complexity index is 781. The van der Waals surface area contributed by atoms with Crippen LogP contribution in [0.5, 0.6) is 0 Å². The Kier molecular flexibility index (Phi) is 7.93. The van der Waals surface area contributed by atoms with Crippen LogP contribution >= 0.6 is 0 Å². The van der Waals surface area contributed by atoms with Crippen molar-refractivity contribution in [3.05, 3.63) is 0 Å². The molecule has 4 aliphatic carbocycles. The first kappa shape index (κ1) is 26.9. The molecule has 2 N–H and O–H groups in total. The first-order chi connectivity index (χ1) is 16.5. The van der Waals surface area contributed by atoms with Gasteiger partial charge >= 0.3 is 12.1 Å². The van der Waals surface area contributed by atoms with Crippen molar-refractivity contribution in [3.8, 4) is 0 Å². The zero-order valence-corrected chi connectivity index (χ0v) is 22.5. The van der Waals surface area contributed by atoms with Gasteiger partial charge in [-0.2, -0.15) is 0 Å². The lowest BCUT2D eigenvalue weighted by Gasteiger charge is -2.62. The Balaban J connectivity index is 1.37. The van der Waals surface area contributed by atoms with Crippen LogP contribution in [0.15, 0.2) is 0 Å². The third-order valence-electron chi connectivity index (χ3n) is 11.0. The van der Waals surface area contributed by atoms with Gasteiger partial charge in [0.1, 0.15) is 0 Å². The summed E-state index contributed by atoms with van der Waals surface area (Å²) >= 11 is 0. The topological polar surface area (TPSA) is 93.1 Å². The van der Waals surface area contributed by atoms with E-state index in [1.54, 1.807) is 0 Å². The van der Waals surface area contributed by atoms with Crippen LogP contribution in [0.3, 0.4) is 0 Å². The van der Waals surface area contributed by atoms with Gasteiger partial charge < -0.3 is 19.7 Å². The number of esters is 1. The molecule has 6 heteroatoms. The second kappa shape index (κ2) is 10.3. The number of aliphatic hydroxyl groups is 2. The van der Waals surface area contributed by atoms with E-state index in [9.17, 15) is 19.8 Å². The van der Waals surface area contributed by atoms with E-state index in [-0.39, 0.29) is 42.0 Å². The molecule has 4 saturated carbocycles. The molecule has 200 valence electrons. The first-order valence-corrected chi connectivity index (χ1v) is 14.2. The van der Waals surface area contributed by atoms with E-state index in [1.165, 1.54) is 6.42 Å². The zero-order chi connectivity index (χ0) is 25.5. The van der Waals surface area contributed by atoms with Gasteiger partial charge in [0.15, 0.2) is 0 Å². The number of carbonyl (C=O) groups excluding carboxylic acids is 2. The van der Waals surface area contributed by atoms with Crippen molar-refractivity contribution in [2.24, 2.45) is 52.3 Å². The van der Waals surface area contributed by atoms with Gasteiger partial charge in [-0.1, -0.05) is 34.6 Å². The molecule has 4 rings (SSSR count). The van der Waals surface area contributed by atoms with Crippen LogP contribution < -0.4 is 0 Å². The third kappa shape index (κ3) is 5.16. The number of carbonyl (C=O) groups is 2. The molecule has 0 aromatic heterocycles. The Morgan fingerprint density at radius 2 is 1.63 bits per heavy atom. The molecule has 0 bridgehead atoms. The normalized spacial score (nSPS) is 43.6. The molecule has 6 nitrogen and oxygen atoms in total. The van der Waals surface area contributed by atoms with Crippen LogP contribution in [0, 0.1) is 52.3 Å². The lowest BCUT2D eigenvalue weighted by Crippen LogP contribution is -2.58. The summed E-state index contributed by atoms with van der Waals surface area (Å²) < 4.78 is 9.81. The zero-order valence-electron chi connectivity index (χ0n) is 22.5. The predicted octanol–water partition coefficient (Wildman–Crippen LogP) is 5.73. The predicted molar refractivity (Wildman–Crippen MR) is 133 cm³/mol. The maximum Gasteiger partial charge on any atom is 0.516 e. The molecular weight excluding hydrogens is 444 g/mol. The van der Waals surface area contributed by atoms with Crippen molar-refractivity contribution in [3.63, 3.8) is 0 Å². The molecular formula is C29H48O6. The molecule has 10 atom stereocenters. The molecule has 0 heterocycles. The summed E-state index contributed by atoms with van der Waals surface area (Å²) in [5.41, 5.74) is 0.418. The fourth-order valence-corrected chi connectivity index (χ4v) is 9.13. The SMILES string of the molecule is CC(C)COC(=O)OC(=O)CCC(C)C1CCC2C3C(CC[C@]12C)[C@@]1(C)CC[C@@H](O)CC1C[C@H]3O. The standard InChI is InChI=1S/C29H48O6/c1-17(2)16-34-27(33)35-25(32)9-6-18(3)21-7-8-22-26-23(11-13-29(21,22)5)28(4)12-10-20(30)14-19(28)15-24(26)31/h17-24,26,30-31H,6-16H2,1-5H3/t18?,19?,20-,21?,22?,23?,24-,26?,28+,29-/m1/s1. The van der Waals surface area contributed by atoms with Crippen LogP contribution in [0.4, 0.5) is 4.79 Å². The second-order valence-electron chi connectivity index (χ2n) is 13.4. The molecule has 0 amide bonds. The van der Waals surface area contributed by atoms with E-state index in [0.717, 1.165) is 44.9 Å². The summed E-state index contributed by atoms with van der Waals surface area (Å²) in [5, 5.41) is 21.7. The van der Waals surface area contributed by atoms with Gasteiger partial charge in [-0.3, -0.25) is 4.79 Å². The molecule has 0 aromatic carbocycles. The highest BCUT2D eigenvalue weighted by Crippen LogP contribution is 2.68. The van der Waals surface area contributed by atoms with Gasteiger partial charge in [0, 0.05) is 6.42 Å². The van der Waals surface area contributed by atoms with Crippen LogP contribution in [0.1, 0.15) is 98.8 Å². The Labute approximate surface area is 211 Å². The quantitative estimate of drug-likeness (QED) is 0.363. The van der Waals surface area contributed by atoms with Gasteiger partial charge in [0.2, 0.25) is 0 Å². The largest absolute Gasteiger partial charge is 0.516 e. The maximum atomic E-state index is 12.2. The number of aliphatic hydroxyl groups excluding tert-OH is 2. The highest BCUT2D eigenvalue weighted by Gasteiger charge is 2.62. The molecule has 0 saturated heterocycles. The highest BCUT2D eigenvalue weighted by atomic mass is 16.7. The van der Waals surface area contributed by atoms with E-state index >= 15 is 0 Å². The molecule has 4 aliphatic rings. The number of rotatable bonds is 6. The van der Waals surface area contributed by atoms with Crippen molar-refractivity contribution in [1.29, 1.82) is 0 Å². The molecule has 6 unspecified atom stereocenters. The maximum absolute atomic E-state index is 12.2. The van der Waals surface area contributed by atoms with Crippen molar-refractivity contribution < 1.29 is 29.3 Å². The Morgan fingerprint density at radius 1 is 0.943 bits per heavy atom. The molecule has 4 fully saturated rings. The summed E-state index contributed by atoms with van der Waals surface area (Å²) in [5.74, 6) is 2.41. The Hall–Kier alpha value is -1.14. The fraction of sp³-hybridized carbons (Fsp3) is 0.931. The molecule has 35 heavy (non-hydrogen) atoms. The van der Waals surface area contributed by atoms with Crippen molar-refractivity contribution in [2.75, 3.05) is 6.61 Å². The number of hydrogen-bond acceptors (Lipinski definition) is 6. The van der Waals surface area contributed by atoms with Crippen LogP contribution in [0.2, 0.25) is 0 Å². The van der Waals surface area contributed by atoms with Crippen molar-refractivity contribution in [1.82, 2.24) is 0 Å². The average molecular weight is 493 g/mol.